The Bertz CT molecular complexity index is 372. The maximum Gasteiger partial charge on any atom is 0.0490 e. The molecule has 0 amide bonds. The van der Waals surface area contributed by atoms with Gasteiger partial charge < -0.3 is 5.32 Å². The molecule has 0 saturated carbocycles. The molecule has 1 N–H and O–H groups in total. The summed E-state index contributed by atoms with van der Waals surface area (Å²) in [5, 5.41) is 3.45. The number of nitrogens with one attached hydrogen (secondary N) is 1. The lowest BCUT2D eigenvalue weighted by Crippen LogP contribution is -2.48. The summed E-state index contributed by atoms with van der Waals surface area (Å²) in [7, 11) is 0. The van der Waals surface area contributed by atoms with E-state index in [2.05, 4.69) is 50.0 Å². The molecular weight excluding hydrogens is 240 g/mol. The van der Waals surface area contributed by atoms with Gasteiger partial charge in [-0.3, -0.25) is 4.90 Å². The molecule has 1 saturated heterocycles. The highest BCUT2D eigenvalue weighted by molar-refractivity contribution is 7.12. The van der Waals surface area contributed by atoms with E-state index in [0.29, 0.717) is 11.5 Å². The first-order valence-electron chi connectivity index (χ1n) is 7.05. The number of nitrogens with zero attached hydrogens (tertiary/aromatic N) is 1. The fourth-order valence-electron chi connectivity index (χ4n) is 2.83. The zero-order valence-electron chi connectivity index (χ0n) is 12.1. The van der Waals surface area contributed by atoms with Gasteiger partial charge in [-0.05, 0) is 24.0 Å². The normalized spacial score (nSPS) is 20.0. The van der Waals surface area contributed by atoms with Gasteiger partial charge in [0.25, 0.3) is 0 Å². The summed E-state index contributed by atoms with van der Waals surface area (Å²) in [6, 6.07) is 5.22. The summed E-state index contributed by atoms with van der Waals surface area (Å²) in [5.74, 6) is 0. The van der Waals surface area contributed by atoms with Crippen molar-refractivity contribution in [3.63, 3.8) is 0 Å². The van der Waals surface area contributed by atoms with Gasteiger partial charge in [0.1, 0.15) is 0 Å². The lowest BCUT2D eigenvalue weighted by molar-refractivity contribution is 0.0888. The molecule has 18 heavy (non-hydrogen) atoms. The molecule has 2 heterocycles. The SMILES string of the molecule is CCc1ccc([C@@H](N2CCNCC2)C(C)(C)C)s1. The summed E-state index contributed by atoms with van der Waals surface area (Å²) in [6.45, 7) is 13.9. The maximum atomic E-state index is 3.45. The van der Waals surface area contributed by atoms with Crippen molar-refractivity contribution >= 4 is 11.3 Å². The molecular formula is C15H26N2S. The first kappa shape index (κ1) is 14.0. The van der Waals surface area contributed by atoms with Crippen LogP contribution in [0.4, 0.5) is 0 Å². The van der Waals surface area contributed by atoms with E-state index < -0.39 is 0 Å². The Morgan fingerprint density at radius 1 is 1.28 bits per heavy atom. The van der Waals surface area contributed by atoms with E-state index in [1.54, 1.807) is 4.88 Å². The van der Waals surface area contributed by atoms with Crippen LogP contribution in [0.25, 0.3) is 0 Å². The van der Waals surface area contributed by atoms with E-state index in [4.69, 9.17) is 0 Å². The van der Waals surface area contributed by atoms with Crippen LogP contribution >= 0.6 is 11.3 Å². The van der Waals surface area contributed by atoms with E-state index in [9.17, 15) is 0 Å². The average molecular weight is 266 g/mol. The van der Waals surface area contributed by atoms with Gasteiger partial charge in [0, 0.05) is 42.0 Å². The van der Waals surface area contributed by atoms with Crippen LogP contribution in [-0.2, 0) is 6.42 Å². The number of piperazine rings is 1. The number of aryl methyl sites for hydroxylation is 1. The Labute approximate surface area is 115 Å². The Balaban J connectivity index is 2.24. The summed E-state index contributed by atoms with van der Waals surface area (Å²) in [6.07, 6.45) is 1.16. The van der Waals surface area contributed by atoms with Gasteiger partial charge >= 0.3 is 0 Å². The molecule has 102 valence electrons. The van der Waals surface area contributed by atoms with Gasteiger partial charge in [0.2, 0.25) is 0 Å². The molecule has 2 rings (SSSR count). The van der Waals surface area contributed by atoms with Gasteiger partial charge in [-0.2, -0.15) is 0 Å². The third kappa shape index (κ3) is 3.14. The molecule has 3 heteroatoms. The lowest BCUT2D eigenvalue weighted by atomic mass is 9.84. The summed E-state index contributed by atoms with van der Waals surface area (Å²) < 4.78 is 0. The van der Waals surface area contributed by atoms with Crippen molar-refractivity contribution in [3.8, 4) is 0 Å². The Hall–Kier alpha value is -0.380. The van der Waals surface area contributed by atoms with Gasteiger partial charge in [-0.1, -0.05) is 27.7 Å². The highest BCUT2D eigenvalue weighted by atomic mass is 32.1. The quantitative estimate of drug-likeness (QED) is 0.903. The Morgan fingerprint density at radius 3 is 2.44 bits per heavy atom. The summed E-state index contributed by atoms with van der Waals surface area (Å²) in [4.78, 5) is 5.71. The molecule has 1 aliphatic rings. The largest absolute Gasteiger partial charge is 0.314 e. The van der Waals surface area contributed by atoms with Crippen molar-refractivity contribution in [1.29, 1.82) is 0 Å². The van der Waals surface area contributed by atoms with E-state index >= 15 is 0 Å². The van der Waals surface area contributed by atoms with E-state index in [0.717, 1.165) is 19.5 Å². The van der Waals surface area contributed by atoms with Crippen LogP contribution in [0.3, 0.4) is 0 Å². The molecule has 0 unspecified atom stereocenters. The molecule has 0 radical (unpaired) electrons. The maximum absolute atomic E-state index is 3.45. The van der Waals surface area contributed by atoms with Crippen LogP contribution in [-0.4, -0.2) is 31.1 Å². The highest BCUT2D eigenvalue weighted by Gasteiger charge is 2.33. The van der Waals surface area contributed by atoms with Gasteiger partial charge in [-0.25, -0.2) is 0 Å². The predicted molar refractivity (Wildman–Crippen MR) is 80.3 cm³/mol. The van der Waals surface area contributed by atoms with Crippen LogP contribution in [0.5, 0.6) is 0 Å². The average Bonchev–Trinajstić information content (AvgIpc) is 2.77. The number of rotatable bonds is 3. The van der Waals surface area contributed by atoms with Crippen LogP contribution in [0, 0.1) is 5.41 Å². The standard InChI is InChI=1S/C15H26N2S/c1-5-12-6-7-13(18-12)14(15(2,3)4)17-10-8-16-9-11-17/h6-7,14,16H,5,8-11H2,1-4H3/t14-/m1/s1. The van der Waals surface area contributed by atoms with Crippen LogP contribution in [0.1, 0.15) is 43.5 Å². The van der Waals surface area contributed by atoms with Crippen molar-refractivity contribution in [1.82, 2.24) is 10.2 Å². The second-order valence-electron chi connectivity index (χ2n) is 6.21. The minimum Gasteiger partial charge on any atom is -0.314 e. The van der Waals surface area contributed by atoms with E-state index in [1.165, 1.54) is 18.0 Å². The molecule has 0 spiro atoms. The van der Waals surface area contributed by atoms with Crippen LogP contribution < -0.4 is 5.32 Å². The van der Waals surface area contributed by atoms with E-state index in [-0.39, 0.29) is 0 Å². The number of thiophene rings is 1. The monoisotopic (exact) mass is 266 g/mol. The summed E-state index contributed by atoms with van der Waals surface area (Å²) in [5.41, 5.74) is 0.299. The fraction of sp³-hybridized carbons (Fsp3) is 0.733. The topological polar surface area (TPSA) is 15.3 Å². The number of hydrogen-bond donors (Lipinski definition) is 1. The lowest BCUT2D eigenvalue weighted by Gasteiger charge is -2.41. The fourth-order valence-corrected chi connectivity index (χ4v) is 4.16. The van der Waals surface area contributed by atoms with Crippen molar-refractivity contribution in [2.75, 3.05) is 26.2 Å². The third-order valence-electron chi connectivity index (χ3n) is 3.64. The van der Waals surface area contributed by atoms with Crippen molar-refractivity contribution < 1.29 is 0 Å². The molecule has 2 nitrogen and oxygen atoms in total. The van der Waals surface area contributed by atoms with Gasteiger partial charge in [0.05, 0.1) is 0 Å². The zero-order chi connectivity index (χ0) is 13.2. The molecule has 0 bridgehead atoms. The first-order valence-corrected chi connectivity index (χ1v) is 7.87. The van der Waals surface area contributed by atoms with E-state index in [1.807, 2.05) is 11.3 Å². The number of hydrogen-bond acceptors (Lipinski definition) is 3. The second-order valence-corrected chi connectivity index (χ2v) is 7.41. The van der Waals surface area contributed by atoms with Gasteiger partial charge in [-0.15, -0.1) is 11.3 Å². The minimum atomic E-state index is 0.299. The second kappa shape index (κ2) is 5.72. The zero-order valence-corrected chi connectivity index (χ0v) is 12.9. The molecule has 1 aromatic heterocycles. The van der Waals surface area contributed by atoms with Crippen molar-refractivity contribution in [2.45, 2.75) is 40.2 Å². The molecule has 0 aromatic carbocycles. The molecule has 1 aromatic rings. The van der Waals surface area contributed by atoms with Crippen molar-refractivity contribution in [2.24, 2.45) is 5.41 Å². The molecule has 1 aliphatic heterocycles. The first-order chi connectivity index (χ1) is 8.52. The Kier molecular flexibility index (Phi) is 4.46. The smallest absolute Gasteiger partial charge is 0.0490 e. The molecule has 1 atom stereocenters. The minimum absolute atomic E-state index is 0.299. The molecule has 1 fully saturated rings. The molecule has 0 aliphatic carbocycles. The third-order valence-corrected chi connectivity index (χ3v) is 4.92. The van der Waals surface area contributed by atoms with Crippen LogP contribution in [0.2, 0.25) is 0 Å². The Morgan fingerprint density at radius 2 is 1.94 bits per heavy atom. The highest BCUT2D eigenvalue weighted by Crippen LogP contribution is 2.41. The van der Waals surface area contributed by atoms with Crippen LogP contribution in [0.15, 0.2) is 12.1 Å². The van der Waals surface area contributed by atoms with Gasteiger partial charge in [0.15, 0.2) is 0 Å². The van der Waals surface area contributed by atoms with Crippen molar-refractivity contribution in [3.05, 3.63) is 21.9 Å². The predicted octanol–water partition coefficient (Wildman–Crippen LogP) is 3.30. The summed E-state index contributed by atoms with van der Waals surface area (Å²) >= 11 is 2.00.